The fourth-order valence-electron chi connectivity index (χ4n) is 3.16. The second kappa shape index (κ2) is 7.16. The van der Waals surface area contributed by atoms with Gasteiger partial charge in [0.25, 0.3) is 0 Å². The first-order valence-corrected chi connectivity index (χ1v) is 8.56. The van der Waals surface area contributed by atoms with Crippen LogP contribution in [0, 0.1) is 12.3 Å². The minimum absolute atomic E-state index is 0.0479. The first kappa shape index (κ1) is 17.5. The fourth-order valence-corrected chi connectivity index (χ4v) is 3.16. The number of likely N-dealkylation sites (tertiary alicyclic amines) is 1. The lowest BCUT2D eigenvalue weighted by Gasteiger charge is -2.36. The predicted molar refractivity (Wildman–Crippen MR) is 93.4 cm³/mol. The molecule has 1 aliphatic rings. The molecule has 0 aromatic heterocycles. The first-order valence-electron chi connectivity index (χ1n) is 8.56. The standard InChI is InChI=1S/C19H28N2O2/c1-5-21(16-11-9-10-15(2)14-16)18(23)19(3,4)17(22)20-12-7-6-8-13-20/h9-11,14H,5-8,12-13H2,1-4H3. The minimum Gasteiger partial charge on any atom is -0.342 e. The van der Waals surface area contributed by atoms with Gasteiger partial charge in [0.15, 0.2) is 0 Å². The van der Waals surface area contributed by atoms with Gasteiger partial charge in [0.2, 0.25) is 11.8 Å². The van der Waals surface area contributed by atoms with Crippen LogP contribution >= 0.6 is 0 Å². The maximum Gasteiger partial charge on any atom is 0.242 e. The van der Waals surface area contributed by atoms with E-state index >= 15 is 0 Å². The second-order valence-corrected chi connectivity index (χ2v) is 6.87. The van der Waals surface area contributed by atoms with Crippen molar-refractivity contribution in [1.29, 1.82) is 0 Å². The van der Waals surface area contributed by atoms with E-state index in [4.69, 9.17) is 0 Å². The van der Waals surface area contributed by atoms with E-state index in [0.717, 1.165) is 37.2 Å². The van der Waals surface area contributed by atoms with Gasteiger partial charge in [-0.3, -0.25) is 9.59 Å². The molecule has 1 aromatic rings. The summed E-state index contributed by atoms with van der Waals surface area (Å²) in [5.41, 5.74) is 0.933. The molecule has 2 amide bonds. The van der Waals surface area contributed by atoms with Crippen LogP contribution in [0.5, 0.6) is 0 Å². The second-order valence-electron chi connectivity index (χ2n) is 6.87. The summed E-state index contributed by atoms with van der Waals surface area (Å²) in [7, 11) is 0. The quantitative estimate of drug-likeness (QED) is 0.799. The highest BCUT2D eigenvalue weighted by Crippen LogP contribution is 2.28. The van der Waals surface area contributed by atoms with Crippen LogP contribution in [0.2, 0.25) is 0 Å². The largest absolute Gasteiger partial charge is 0.342 e. The highest BCUT2D eigenvalue weighted by atomic mass is 16.2. The molecule has 0 unspecified atom stereocenters. The van der Waals surface area contributed by atoms with Gasteiger partial charge in [-0.1, -0.05) is 12.1 Å². The number of piperidine rings is 1. The van der Waals surface area contributed by atoms with Gasteiger partial charge in [-0.05, 0) is 64.7 Å². The monoisotopic (exact) mass is 316 g/mol. The van der Waals surface area contributed by atoms with Crippen LogP contribution in [0.4, 0.5) is 5.69 Å². The molecular weight excluding hydrogens is 288 g/mol. The van der Waals surface area contributed by atoms with Crippen molar-refractivity contribution in [3.8, 4) is 0 Å². The third-order valence-electron chi connectivity index (χ3n) is 4.59. The number of rotatable bonds is 4. The van der Waals surface area contributed by atoms with E-state index in [0.29, 0.717) is 6.54 Å². The number of carbonyl (C=O) groups excluding carboxylic acids is 2. The molecule has 4 nitrogen and oxygen atoms in total. The summed E-state index contributed by atoms with van der Waals surface area (Å²) in [4.78, 5) is 29.5. The first-order chi connectivity index (χ1) is 10.9. The molecular formula is C19H28N2O2. The molecule has 126 valence electrons. The van der Waals surface area contributed by atoms with Crippen molar-refractivity contribution in [2.45, 2.75) is 47.0 Å². The lowest BCUT2D eigenvalue weighted by atomic mass is 9.88. The SMILES string of the molecule is CCN(C(=O)C(C)(C)C(=O)N1CCCCC1)c1cccc(C)c1. The molecule has 1 aromatic carbocycles. The maximum atomic E-state index is 13.1. The van der Waals surface area contributed by atoms with Gasteiger partial charge in [0.05, 0.1) is 0 Å². The number of anilines is 1. The molecule has 1 fully saturated rings. The molecule has 0 N–H and O–H groups in total. The third-order valence-corrected chi connectivity index (χ3v) is 4.59. The van der Waals surface area contributed by atoms with E-state index in [1.807, 2.05) is 43.0 Å². The minimum atomic E-state index is -1.03. The molecule has 1 saturated heterocycles. The maximum absolute atomic E-state index is 13.1. The number of amides is 2. The Morgan fingerprint density at radius 3 is 2.39 bits per heavy atom. The van der Waals surface area contributed by atoms with Gasteiger partial charge in [0, 0.05) is 25.3 Å². The van der Waals surface area contributed by atoms with Crippen molar-refractivity contribution in [2.24, 2.45) is 5.41 Å². The highest BCUT2D eigenvalue weighted by molar-refractivity contribution is 6.11. The Hall–Kier alpha value is -1.84. The van der Waals surface area contributed by atoms with Crippen LogP contribution in [0.1, 0.15) is 45.6 Å². The van der Waals surface area contributed by atoms with Crippen LogP contribution in [-0.2, 0) is 9.59 Å². The Morgan fingerprint density at radius 1 is 1.17 bits per heavy atom. The molecule has 0 aliphatic carbocycles. The van der Waals surface area contributed by atoms with E-state index in [2.05, 4.69) is 0 Å². The van der Waals surface area contributed by atoms with Crippen LogP contribution in [0.25, 0.3) is 0 Å². The lowest BCUT2D eigenvalue weighted by molar-refractivity contribution is -0.148. The van der Waals surface area contributed by atoms with Crippen molar-refractivity contribution in [3.05, 3.63) is 29.8 Å². The Labute approximate surface area is 139 Å². The van der Waals surface area contributed by atoms with Gasteiger partial charge >= 0.3 is 0 Å². The summed E-state index contributed by atoms with van der Waals surface area (Å²) < 4.78 is 0. The molecule has 4 heteroatoms. The number of aryl methyl sites for hydroxylation is 1. The van der Waals surface area contributed by atoms with Crippen molar-refractivity contribution in [2.75, 3.05) is 24.5 Å². The zero-order valence-corrected chi connectivity index (χ0v) is 14.8. The van der Waals surface area contributed by atoms with Crippen LogP contribution in [-0.4, -0.2) is 36.3 Å². The van der Waals surface area contributed by atoms with Gasteiger partial charge in [-0.2, -0.15) is 0 Å². The third kappa shape index (κ3) is 3.74. The van der Waals surface area contributed by atoms with Crippen molar-refractivity contribution < 1.29 is 9.59 Å². The van der Waals surface area contributed by atoms with Crippen molar-refractivity contribution in [1.82, 2.24) is 4.90 Å². The van der Waals surface area contributed by atoms with Gasteiger partial charge in [-0.15, -0.1) is 0 Å². The predicted octanol–water partition coefficient (Wildman–Crippen LogP) is 3.39. The molecule has 2 rings (SSSR count). The Kier molecular flexibility index (Phi) is 5.45. The Morgan fingerprint density at radius 2 is 1.83 bits per heavy atom. The van der Waals surface area contributed by atoms with E-state index in [-0.39, 0.29) is 11.8 Å². The van der Waals surface area contributed by atoms with E-state index < -0.39 is 5.41 Å². The van der Waals surface area contributed by atoms with Crippen LogP contribution < -0.4 is 4.90 Å². The summed E-state index contributed by atoms with van der Waals surface area (Å²) in [5.74, 6) is -0.172. The molecule has 1 heterocycles. The Bertz CT molecular complexity index is 574. The number of carbonyl (C=O) groups is 2. The Balaban J connectivity index is 2.22. The van der Waals surface area contributed by atoms with Crippen LogP contribution in [0.15, 0.2) is 24.3 Å². The van der Waals surface area contributed by atoms with E-state index in [9.17, 15) is 9.59 Å². The summed E-state index contributed by atoms with van der Waals surface area (Å²) in [5, 5.41) is 0. The number of nitrogens with zero attached hydrogens (tertiary/aromatic N) is 2. The molecule has 1 aliphatic heterocycles. The average Bonchev–Trinajstić information content (AvgIpc) is 2.55. The molecule has 0 bridgehead atoms. The smallest absolute Gasteiger partial charge is 0.242 e. The molecule has 23 heavy (non-hydrogen) atoms. The van der Waals surface area contributed by atoms with Crippen LogP contribution in [0.3, 0.4) is 0 Å². The number of hydrogen-bond donors (Lipinski definition) is 0. The topological polar surface area (TPSA) is 40.6 Å². The zero-order chi connectivity index (χ0) is 17.0. The molecule has 0 spiro atoms. The normalized spacial score (nSPS) is 15.4. The van der Waals surface area contributed by atoms with Gasteiger partial charge in [-0.25, -0.2) is 0 Å². The zero-order valence-electron chi connectivity index (χ0n) is 14.8. The molecule has 0 radical (unpaired) electrons. The summed E-state index contributed by atoms with van der Waals surface area (Å²) in [6, 6.07) is 7.87. The summed E-state index contributed by atoms with van der Waals surface area (Å²) in [6.45, 7) is 9.56. The van der Waals surface area contributed by atoms with E-state index in [1.54, 1.807) is 18.7 Å². The summed E-state index contributed by atoms with van der Waals surface area (Å²) in [6.07, 6.45) is 3.24. The van der Waals surface area contributed by atoms with Crippen molar-refractivity contribution in [3.63, 3.8) is 0 Å². The van der Waals surface area contributed by atoms with Crippen molar-refractivity contribution >= 4 is 17.5 Å². The number of hydrogen-bond acceptors (Lipinski definition) is 2. The molecule has 0 atom stereocenters. The average molecular weight is 316 g/mol. The van der Waals surface area contributed by atoms with E-state index in [1.165, 1.54) is 6.42 Å². The lowest BCUT2D eigenvalue weighted by Crippen LogP contribution is -2.52. The highest BCUT2D eigenvalue weighted by Gasteiger charge is 2.42. The van der Waals surface area contributed by atoms with Gasteiger partial charge in [0.1, 0.15) is 5.41 Å². The number of benzene rings is 1. The fraction of sp³-hybridized carbons (Fsp3) is 0.579. The summed E-state index contributed by atoms with van der Waals surface area (Å²) >= 11 is 0. The van der Waals surface area contributed by atoms with Gasteiger partial charge < -0.3 is 9.80 Å². The molecule has 0 saturated carbocycles.